The van der Waals surface area contributed by atoms with Crippen molar-refractivity contribution < 1.29 is 24.2 Å². The largest absolute Gasteiger partial charge is 0.444 e. The molecule has 0 bridgehead atoms. The number of hydrogen-bond acceptors (Lipinski definition) is 5. The Bertz CT molecular complexity index is 1030. The first-order valence-electron chi connectivity index (χ1n) is 13.5. The minimum absolute atomic E-state index is 0.0579. The number of ether oxygens (including phenoxy) is 1. The van der Waals surface area contributed by atoms with Crippen LogP contribution in [-0.2, 0) is 19.9 Å². The second-order valence-electron chi connectivity index (χ2n) is 13.2. The van der Waals surface area contributed by atoms with Gasteiger partial charge in [0, 0.05) is 47.4 Å². The van der Waals surface area contributed by atoms with Crippen LogP contribution in [0.1, 0.15) is 86.1 Å². The van der Waals surface area contributed by atoms with Crippen LogP contribution in [0.3, 0.4) is 0 Å². The van der Waals surface area contributed by atoms with Crippen LogP contribution in [0.15, 0.2) is 24.3 Å². The maximum atomic E-state index is 13.3. The molecule has 38 heavy (non-hydrogen) atoms. The van der Waals surface area contributed by atoms with Gasteiger partial charge in [-0.2, -0.15) is 0 Å². The van der Waals surface area contributed by atoms with Crippen molar-refractivity contribution in [3.05, 3.63) is 34.9 Å². The third kappa shape index (κ3) is 7.41. The molecular formula is C29H44ClN3O5. The lowest BCUT2D eigenvalue weighted by Crippen LogP contribution is -2.58. The van der Waals surface area contributed by atoms with Gasteiger partial charge in [0.1, 0.15) is 5.60 Å². The Morgan fingerprint density at radius 2 is 1.74 bits per heavy atom. The van der Waals surface area contributed by atoms with Crippen LogP contribution >= 0.6 is 11.6 Å². The van der Waals surface area contributed by atoms with E-state index in [1.54, 1.807) is 17.0 Å². The number of amides is 3. The van der Waals surface area contributed by atoms with Crippen molar-refractivity contribution in [3.8, 4) is 0 Å². The summed E-state index contributed by atoms with van der Waals surface area (Å²) < 4.78 is 5.32. The van der Waals surface area contributed by atoms with E-state index in [2.05, 4.69) is 10.6 Å². The third-order valence-corrected chi connectivity index (χ3v) is 7.95. The van der Waals surface area contributed by atoms with E-state index in [1.807, 2.05) is 60.6 Å². The first-order chi connectivity index (χ1) is 17.4. The number of hydrogen-bond donors (Lipinski definition) is 3. The molecular weight excluding hydrogens is 506 g/mol. The molecule has 8 nitrogen and oxygen atoms in total. The summed E-state index contributed by atoms with van der Waals surface area (Å²) in [4.78, 5) is 40.2. The lowest BCUT2D eigenvalue weighted by atomic mass is 9.66. The van der Waals surface area contributed by atoms with Crippen molar-refractivity contribution in [2.75, 3.05) is 13.1 Å². The summed E-state index contributed by atoms with van der Waals surface area (Å²) in [7, 11) is 0. The SMILES string of the molecule is CC(C)(CC(=O)N1CC[C@](O)(c2ccc(Cl)cc2)C(C)(C)C1)NC(=O)[C@@H]1CC[C@@H](NC(=O)OC(C)(C)C)C1. The summed E-state index contributed by atoms with van der Waals surface area (Å²) in [5.41, 5.74) is -2.18. The maximum Gasteiger partial charge on any atom is 0.407 e. The standard InChI is InChI=1S/C29H44ClN3O5/c1-26(2,3)38-25(36)31-22-13-8-19(16-22)24(35)32-28(6,7)17-23(34)33-15-14-29(37,27(4,5)18-33)20-9-11-21(30)12-10-20/h9-12,19,22,37H,8,13-18H2,1-7H3,(H,31,36)(H,32,35)/t19-,22-,29+/m1/s1. The highest BCUT2D eigenvalue weighted by atomic mass is 35.5. The Kier molecular flexibility index (Phi) is 8.79. The molecule has 1 aromatic rings. The van der Waals surface area contributed by atoms with Crippen LogP contribution in [0, 0.1) is 11.3 Å². The molecule has 9 heteroatoms. The van der Waals surface area contributed by atoms with Gasteiger partial charge in [-0.3, -0.25) is 9.59 Å². The van der Waals surface area contributed by atoms with E-state index < -0.39 is 28.2 Å². The minimum Gasteiger partial charge on any atom is -0.444 e. The van der Waals surface area contributed by atoms with E-state index in [0.29, 0.717) is 43.8 Å². The van der Waals surface area contributed by atoms with Gasteiger partial charge in [0.2, 0.25) is 11.8 Å². The van der Waals surface area contributed by atoms with E-state index in [4.69, 9.17) is 16.3 Å². The van der Waals surface area contributed by atoms with Crippen molar-refractivity contribution in [1.82, 2.24) is 15.5 Å². The summed E-state index contributed by atoms with van der Waals surface area (Å²) in [5, 5.41) is 18.1. The highest BCUT2D eigenvalue weighted by Crippen LogP contribution is 2.46. The van der Waals surface area contributed by atoms with Gasteiger partial charge in [0.15, 0.2) is 0 Å². The molecule has 3 N–H and O–H groups in total. The topological polar surface area (TPSA) is 108 Å². The zero-order chi connectivity index (χ0) is 28.5. The van der Waals surface area contributed by atoms with Crippen molar-refractivity contribution >= 4 is 29.5 Å². The van der Waals surface area contributed by atoms with Gasteiger partial charge in [0.05, 0.1) is 5.60 Å². The third-order valence-electron chi connectivity index (χ3n) is 7.70. The van der Waals surface area contributed by atoms with Gasteiger partial charge in [-0.1, -0.05) is 37.6 Å². The molecule has 0 aromatic heterocycles. The van der Waals surface area contributed by atoms with E-state index in [-0.39, 0.29) is 30.2 Å². The summed E-state index contributed by atoms with van der Waals surface area (Å²) in [6.45, 7) is 13.9. The molecule has 0 radical (unpaired) electrons. The zero-order valence-corrected chi connectivity index (χ0v) is 24.6. The number of carbonyl (C=O) groups is 3. The summed E-state index contributed by atoms with van der Waals surface area (Å²) in [5.74, 6) is -0.391. The molecule has 1 saturated heterocycles. The molecule has 2 fully saturated rings. The number of nitrogens with one attached hydrogen (secondary N) is 2. The van der Waals surface area contributed by atoms with E-state index in [1.165, 1.54) is 0 Å². The Balaban J connectivity index is 1.53. The van der Waals surface area contributed by atoms with Crippen LogP contribution in [0.25, 0.3) is 0 Å². The minimum atomic E-state index is -1.08. The van der Waals surface area contributed by atoms with Gasteiger partial charge in [-0.25, -0.2) is 4.79 Å². The zero-order valence-electron chi connectivity index (χ0n) is 23.8. The van der Waals surface area contributed by atoms with Crippen LogP contribution in [0.2, 0.25) is 5.02 Å². The Labute approximate surface area is 231 Å². The maximum absolute atomic E-state index is 13.3. The van der Waals surface area contributed by atoms with Crippen LogP contribution in [0.5, 0.6) is 0 Å². The van der Waals surface area contributed by atoms with Crippen LogP contribution in [0.4, 0.5) is 4.79 Å². The number of benzene rings is 1. The van der Waals surface area contributed by atoms with E-state index in [9.17, 15) is 19.5 Å². The summed E-state index contributed by atoms with van der Waals surface area (Å²) >= 11 is 6.03. The number of alkyl carbamates (subject to hydrolysis) is 1. The summed E-state index contributed by atoms with van der Waals surface area (Å²) in [6, 6.07) is 7.12. The van der Waals surface area contributed by atoms with Crippen LogP contribution in [-0.4, -0.2) is 58.2 Å². The molecule has 1 saturated carbocycles. The number of aliphatic hydroxyl groups is 1. The monoisotopic (exact) mass is 549 g/mol. The number of carbonyl (C=O) groups excluding carboxylic acids is 3. The fourth-order valence-corrected chi connectivity index (χ4v) is 5.72. The average molecular weight is 550 g/mol. The second kappa shape index (κ2) is 11.0. The van der Waals surface area contributed by atoms with Crippen molar-refractivity contribution in [3.63, 3.8) is 0 Å². The quantitative estimate of drug-likeness (QED) is 0.474. The lowest BCUT2D eigenvalue weighted by molar-refractivity contribution is -0.154. The fourth-order valence-electron chi connectivity index (χ4n) is 5.59. The van der Waals surface area contributed by atoms with Crippen molar-refractivity contribution in [2.45, 2.75) is 103 Å². The molecule has 2 aliphatic rings. The van der Waals surface area contributed by atoms with E-state index >= 15 is 0 Å². The first kappa shape index (κ1) is 30.2. The number of likely N-dealkylation sites (tertiary alicyclic amines) is 1. The Morgan fingerprint density at radius 1 is 1.11 bits per heavy atom. The highest BCUT2D eigenvalue weighted by molar-refractivity contribution is 6.30. The highest BCUT2D eigenvalue weighted by Gasteiger charge is 2.50. The number of rotatable bonds is 6. The average Bonchev–Trinajstić information content (AvgIpc) is 3.22. The molecule has 1 aliphatic carbocycles. The molecule has 212 valence electrons. The van der Waals surface area contributed by atoms with Gasteiger partial charge in [-0.15, -0.1) is 0 Å². The molecule has 1 aliphatic heterocycles. The Hall–Kier alpha value is -2.32. The smallest absolute Gasteiger partial charge is 0.407 e. The summed E-state index contributed by atoms with van der Waals surface area (Å²) in [6.07, 6.45) is 2.01. The predicted octanol–water partition coefficient (Wildman–Crippen LogP) is 4.76. The second-order valence-corrected chi connectivity index (χ2v) is 13.7. The number of nitrogens with zero attached hydrogens (tertiary/aromatic N) is 1. The first-order valence-corrected chi connectivity index (χ1v) is 13.9. The van der Waals surface area contributed by atoms with Gasteiger partial charge >= 0.3 is 6.09 Å². The molecule has 3 rings (SSSR count). The lowest BCUT2D eigenvalue weighted by Gasteiger charge is -2.51. The van der Waals surface area contributed by atoms with Crippen LogP contribution < -0.4 is 10.6 Å². The Morgan fingerprint density at radius 3 is 2.32 bits per heavy atom. The van der Waals surface area contributed by atoms with Gasteiger partial charge in [0.25, 0.3) is 0 Å². The van der Waals surface area contributed by atoms with Crippen molar-refractivity contribution in [1.29, 1.82) is 0 Å². The normalized spacial score (nSPS) is 25.6. The fraction of sp³-hybridized carbons (Fsp3) is 0.690. The molecule has 0 spiro atoms. The molecule has 3 amide bonds. The number of piperidine rings is 1. The van der Waals surface area contributed by atoms with E-state index in [0.717, 1.165) is 5.56 Å². The van der Waals surface area contributed by atoms with Crippen molar-refractivity contribution in [2.24, 2.45) is 11.3 Å². The van der Waals surface area contributed by atoms with Gasteiger partial charge in [-0.05, 0) is 78.0 Å². The molecule has 1 heterocycles. The molecule has 0 unspecified atom stereocenters. The predicted molar refractivity (Wildman–Crippen MR) is 148 cm³/mol. The molecule has 3 atom stereocenters. The van der Waals surface area contributed by atoms with Gasteiger partial charge < -0.3 is 25.4 Å². The molecule has 1 aromatic carbocycles. The number of halogens is 1.